The molecule has 7 heteroatoms. The van der Waals surface area contributed by atoms with Crippen LogP contribution in [-0.4, -0.2) is 76.3 Å². The maximum Gasteiger partial charge on any atom is 0.127 e. The average molecular weight is 593 g/mol. The van der Waals surface area contributed by atoms with Crippen molar-refractivity contribution in [3.63, 3.8) is 0 Å². The van der Waals surface area contributed by atoms with Crippen molar-refractivity contribution in [2.24, 2.45) is 0 Å². The van der Waals surface area contributed by atoms with E-state index in [0.717, 1.165) is 84.8 Å². The molecule has 7 nitrogen and oxygen atoms in total. The van der Waals surface area contributed by atoms with Crippen LogP contribution < -0.4 is 0 Å². The number of ether oxygens (including phenoxy) is 5. The Balaban J connectivity index is 1.49. The van der Waals surface area contributed by atoms with Crippen LogP contribution in [0.1, 0.15) is 59.1 Å². The van der Waals surface area contributed by atoms with Crippen LogP contribution in [0.5, 0.6) is 11.5 Å². The zero-order valence-corrected chi connectivity index (χ0v) is 25.6. The molecule has 1 aliphatic heterocycles. The normalized spacial score (nSPS) is 20.4. The largest absolute Gasteiger partial charge is 0.507 e. The van der Waals surface area contributed by atoms with Crippen molar-refractivity contribution in [1.29, 1.82) is 0 Å². The molecule has 5 rings (SSSR count). The fourth-order valence-corrected chi connectivity index (χ4v) is 6.57. The number of benzene rings is 2. The zero-order valence-electron chi connectivity index (χ0n) is 25.6. The fraction of sp³-hybridized carbons (Fsp3) is 0.556. The van der Waals surface area contributed by atoms with Gasteiger partial charge in [-0.1, -0.05) is 25.3 Å². The minimum Gasteiger partial charge on any atom is -0.507 e. The molecule has 43 heavy (non-hydrogen) atoms. The van der Waals surface area contributed by atoms with Gasteiger partial charge < -0.3 is 33.9 Å². The van der Waals surface area contributed by atoms with Gasteiger partial charge in [-0.15, -0.1) is 0 Å². The van der Waals surface area contributed by atoms with E-state index in [2.05, 4.69) is 25.3 Å². The highest BCUT2D eigenvalue weighted by Gasteiger charge is 2.28. The topological polar surface area (TPSA) is 86.6 Å². The summed E-state index contributed by atoms with van der Waals surface area (Å²) in [6.07, 6.45) is 9.17. The third-order valence-electron chi connectivity index (χ3n) is 8.63. The van der Waals surface area contributed by atoms with Crippen molar-refractivity contribution in [3.8, 4) is 22.6 Å². The number of fused-ring (bicyclic) bond motifs is 9. The molecule has 0 saturated carbocycles. The summed E-state index contributed by atoms with van der Waals surface area (Å²) in [7, 11) is 0. The molecule has 0 atom stereocenters. The monoisotopic (exact) mass is 592 g/mol. The number of rotatable bonds is 0. The maximum absolute atomic E-state index is 11.9. The lowest BCUT2D eigenvalue weighted by atomic mass is 9.77. The van der Waals surface area contributed by atoms with Crippen LogP contribution in [0.3, 0.4) is 0 Å². The lowest BCUT2D eigenvalue weighted by molar-refractivity contribution is -0.00833. The molecule has 2 aromatic rings. The van der Waals surface area contributed by atoms with Crippen LogP contribution in [-0.2, 0) is 62.2 Å². The van der Waals surface area contributed by atoms with Gasteiger partial charge in [0.25, 0.3) is 0 Å². The van der Waals surface area contributed by atoms with E-state index < -0.39 is 0 Å². The summed E-state index contributed by atoms with van der Waals surface area (Å²) >= 11 is 0. The molecule has 0 unspecified atom stereocenters. The van der Waals surface area contributed by atoms with Gasteiger partial charge in [0.15, 0.2) is 0 Å². The SMILES string of the molecule is C=C1COCCOCCOCCOCCOCC(=C)Cc2cc3c(c(c2O)-c2c(O)c(cc4c2CCCC4)C1)CCCC3. The fourth-order valence-electron chi connectivity index (χ4n) is 6.57. The maximum atomic E-state index is 11.9. The van der Waals surface area contributed by atoms with Gasteiger partial charge in [0.2, 0.25) is 0 Å². The molecule has 0 radical (unpaired) electrons. The Morgan fingerprint density at radius 3 is 1.21 bits per heavy atom. The smallest absolute Gasteiger partial charge is 0.127 e. The minimum atomic E-state index is 0.262. The van der Waals surface area contributed by atoms with E-state index in [1.54, 1.807) is 0 Å². The van der Waals surface area contributed by atoms with Gasteiger partial charge in [-0.25, -0.2) is 0 Å². The van der Waals surface area contributed by atoms with Gasteiger partial charge >= 0.3 is 0 Å². The summed E-state index contributed by atoms with van der Waals surface area (Å²) in [4.78, 5) is 0. The third-order valence-corrected chi connectivity index (χ3v) is 8.63. The van der Waals surface area contributed by atoms with E-state index >= 15 is 0 Å². The highest BCUT2D eigenvalue weighted by atomic mass is 16.6. The van der Waals surface area contributed by atoms with E-state index in [1.807, 2.05) is 0 Å². The number of hydrogen-bond donors (Lipinski definition) is 2. The molecule has 234 valence electrons. The molecule has 2 N–H and O–H groups in total. The summed E-state index contributed by atoms with van der Waals surface area (Å²) < 4.78 is 28.4. The summed E-state index contributed by atoms with van der Waals surface area (Å²) in [5.41, 5.74) is 10.00. The first-order valence-corrected chi connectivity index (χ1v) is 16.0. The van der Waals surface area contributed by atoms with Gasteiger partial charge in [0.05, 0.1) is 66.1 Å². The summed E-state index contributed by atoms with van der Waals surface area (Å²) in [6, 6.07) is 4.31. The van der Waals surface area contributed by atoms with Crippen molar-refractivity contribution in [3.05, 3.63) is 69.8 Å². The molecule has 0 fully saturated rings. The molecule has 4 bridgehead atoms. The van der Waals surface area contributed by atoms with Crippen LogP contribution >= 0.6 is 0 Å². The van der Waals surface area contributed by atoms with E-state index in [1.165, 1.54) is 22.3 Å². The Morgan fingerprint density at radius 2 is 0.814 bits per heavy atom. The Bertz CT molecular complexity index is 1180. The van der Waals surface area contributed by atoms with Crippen molar-refractivity contribution in [2.75, 3.05) is 66.1 Å². The van der Waals surface area contributed by atoms with Crippen LogP contribution in [0.4, 0.5) is 0 Å². The summed E-state index contributed by atoms with van der Waals surface area (Å²) in [5.74, 6) is 0.524. The van der Waals surface area contributed by atoms with Crippen molar-refractivity contribution in [1.82, 2.24) is 0 Å². The average Bonchev–Trinajstić information content (AvgIpc) is 3.00. The molecule has 1 heterocycles. The lowest BCUT2D eigenvalue weighted by Crippen LogP contribution is -2.14. The second kappa shape index (κ2) is 15.9. The highest BCUT2D eigenvalue weighted by molar-refractivity contribution is 5.85. The first-order valence-electron chi connectivity index (χ1n) is 16.0. The molecule has 0 spiro atoms. The predicted octanol–water partition coefficient (Wildman–Crippen LogP) is 5.82. The quantitative estimate of drug-likeness (QED) is 0.373. The van der Waals surface area contributed by atoms with Crippen molar-refractivity contribution < 1.29 is 33.9 Å². The Morgan fingerprint density at radius 1 is 0.465 bits per heavy atom. The van der Waals surface area contributed by atoms with Gasteiger partial charge in [0, 0.05) is 11.1 Å². The number of hydrogen-bond acceptors (Lipinski definition) is 7. The van der Waals surface area contributed by atoms with Crippen LogP contribution in [0.25, 0.3) is 11.1 Å². The predicted molar refractivity (Wildman–Crippen MR) is 168 cm³/mol. The van der Waals surface area contributed by atoms with E-state index in [4.69, 9.17) is 23.7 Å². The standard InChI is InChI=1S/C36H48O7/c1-25-19-29-21-27-7-3-5-9-31(27)33(35(29)37)34-32-10-6-4-8-28(32)22-30(36(34)38)20-26(2)24-43-18-16-41-14-12-39-11-13-40-15-17-42-23-25/h21-22,37-38H,1-20,23-24H2. The number of aromatic hydroxyl groups is 2. The van der Waals surface area contributed by atoms with Gasteiger partial charge in [-0.2, -0.15) is 0 Å². The molecule has 0 aromatic heterocycles. The molecule has 0 saturated heterocycles. The van der Waals surface area contributed by atoms with Crippen molar-refractivity contribution in [2.45, 2.75) is 64.2 Å². The first-order chi connectivity index (χ1) is 21.0. The van der Waals surface area contributed by atoms with Crippen LogP contribution in [0, 0.1) is 0 Å². The van der Waals surface area contributed by atoms with E-state index in [9.17, 15) is 10.2 Å². The van der Waals surface area contributed by atoms with Crippen molar-refractivity contribution >= 4 is 0 Å². The molecule has 0 amide bonds. The van der Waals surface area contributed by atoms with Gasteiger partial charge in [-0.05, 0) is 109 Å². The van der Waals surface area contributed by atoms with Crippen LogP contribution in [0.2, 0.25) is 0 Å². The zero-order chi connectivity index (χ0) is 30.0. The minimum absolute atomic E-state index is 0.262. The Labute approximate surface area is 256 Å². The third kappa shape index (κ3) is 8.28. The number of aryl methyl sites for hydroxylation is 2. The van der Waals surface area contributed by atoms with Crippen LogP contribution in [0.15, 0.2) is 36.4 Å². The second-order valence-corrected chi connectivity index (χ2v) is 12.0. The molecule has 3 aliphatic rings. The number of phenols is 2. The van der Waals surface area contributed by atoms with E-state index in [0.29, 0.717) is 78.9 Å². The first kappa shape index (κ1) is 31.7. The molecule has 2 aliphatic carbocycles. The van der Waals surface area contributed by atoms with E-state index in [-0.39, 0.29) is 11.5 Å². The second-order valence-electron chi connectivity index (χ2n) is 12.0. The Hall–Kier alpha value is -2.68. The lowest BCUT2D eigenvalue weighted by Gasteiger charge is -2.28. The van der Waals surface area contributed by atoms with Gasteiger partial charge in [-0.3, -0.25) is 0 Å². The molecular weight excluding hydrogens is 544 g/mol. The molecule has 2 aromatic carbocycles. The van der Waals surface area contributed by atoms with Gasteiger partial charge in [0.1, 0.15) is 11.5 Å². The molecular formula is C36H48O7. The summed E-state index contributed by atoms with van der Waals surface area (Å²) in [6.45, 7) is 13.2. The highest BCUT2D eigenvalue weighted by Crippen LogP contribution is 2.49. The number of phenolic OH excluding ortho intramolecular Hbond substituents is 2. The Kier molecular flexibility index (Phi) is 11.7. The summed E-state index contributed by atoms with van der Waals surface area (Å²) in [5, 5.41) is 23.9.